The standard InChI is InChI=1S/C22H25N3O4S2/c1-6-28-20(27)17-11(2)23-13-9-22(4,5)10-14(26)18(13)19(17)15-7-8-16(29-15)31-21-25-24-12(3)30-21/h7-8,19,23H,6,9-10H2,1-5H3/t19-/m0/s1. The van der Waals surface area contributed by atoms with Crippen molar-refractivity contribution >= 4 is 34.9 Å². The maximum absolute atomic E-state index is 13.2. The Morgan fingerprint density at radius 1 is 1.32 bits per heavy atom. The van der Waals surface area contributed by atoms with Crippen molar-refractivity contribution in [3.8, 4) is 0 Å². The minimum absolute atomic E-state index is 0.0309. The van der Waals surface area contributed by atoms with E-state index in [9.17, 15) is 9.59 Å². The summed E-state index contributed by atoms with van der Waals surface area (Å²) in [6.07, 6.45) is 1.15. The number of ether oxygens (including phenoxy) is 1. The van der Waals surface area contributed by atoms with Crippen molar-refractivity contribution in [2.24, 2.45) is 5.41 Å². The summed E-state index contributed by atoms with van der Waals surface area (Å²) in [5.74, 6) is -0.451. The summed E-state index contributed by atoms with van der Waals surface area (Å²) in [5.41, 5.74) is 2.44. The molecule has 164 valence electrons. The molecule has 0 amide bonds. The molecule has 4 rings (SSSR count). The van der Waals surface area contributed by atoms with Crippen LogP contribution in [0.4, 0.5) is 0 Å². The molecular weight excluding hydrogens is 434 g/mol. The van der Waals surface area contributed by atoms with Gasteiger partial charge in [0.1, 0.15) is 10.8 Å². The normalized spacial score (nSPS) is 20.5. The number of dihydropyridines is 1. The Kier molecular flexibility index (Phi) is 5.83. The summed E-state index contributed by atoms with van der Waals surface area (Å²) >= 11 is 2.86. The van der Waals surface area contributed by atoms with E-state index in [1.165, 1.54) is 23.1 Å². The highest BCUT2D eigenvalue weighted by Crippen LogP contribution is 2.47. The van der Waals surface area contributed by atoms with Gasteiger partial charge in [0.15, 0.2) is 15.2 Å². The third kappa shape index (κ3) is 4.34. The van der Waals surface area contributed by atoms with Gasteiger partial charge in [0, 0.05) is 23.4 Å². The maximum Gasteiger partial charge on any atom is 0.336 e. The Morgan fingerprint density at radius 3 is 2.77 bits per heavy atom. The van der Waals surface area contributed by atoms with Crippen LogP contribution in [0.3, 0.4) is 0 Å². The Bertz CT molecular complexity index is 1110. The van der Waals surface area contributed by atoms with E-state index < -0.39 is 11.9 Å². The first-order valence-corrected chi connectivity index (χ1v) is 11.8. The van der Waals surface area contributed by atoms with Crippen LogP contribution in [0.2, 0.25) is 0 Å². The largest absolute Gasteiger partial charge is 0.463 e. The van der Waals surface area contributed by atoms with E-state index in [1.807, 2.05) is 26.0 Å². The summed E-state index contributed by atoms with van der Waals surface area (Å²) in [5, 5.41) is 13.0. The van der Waals surface area contributed by atoms with E-state index in [0.717, 1.165) is 21.5 Å². The topological polar surface area (TPSA) is 94.3 Å². The fraction of sp³-hybridized carbons (Fsp3) is 0.455. The molecule has 0 saturated heterocycles. The predicted molar refractivity (Wildman–Crippen MR) is 118 cm³/mol. The van der Waals surface area contributed by atoms with Gasteiger partial charge in [0.25, 0.3) is 0 Å². The molecule has 0 radical (unpaired) electrons. The second-order valence-corrected chi connectivity index (χ2v) is 10.9. The molecule has 0 bridgehead atoms. The number of carbonyl (C=O) groups is 2. The van der Waals surface area contributed by atoms with E-state index in [1.54, 1.807) is 6.92 Å². The highest BCUT2D eigenvalue weighted by molar-refractivity contribution is 8.00. The van der Waals surface area contributed by atoms with Gasteiger partial charge < -0.3 is 14.5 Å². The first-order chi connectivity index (χ1) is 14.7. The number of furan rings is 1. The molecule has 0 unspecified atom stereocenters. The number of ketones is 1. The minimum atomic E-state index is -0.593. The summed E-state index contributed by atoms with van der Waals surface area (Å²) in [6.45, 7) is 9.92. The fourth-order valence-corrected chi connectivity index (χ4v) is 5.87. The SMILES string of the molecule is CCOC(=O)C1=C(C)NC2=C(C(=O)CC(C)(C)C2)[C@H]1c1ccc(Sc2nnc(C)s2)o1. The van der Waals surface area contributed by atoms with E-state index in [2.05, 4.69) is 29.4 Å². The first kappa shape index (κ1) is 21.8. The smallest absolute Gasteiger partial charge is 0.336 e. The van der Waals surface area contributed by atoms with Crippen molar-refractivity contribution in [1.82, 2.24) is 15.5 Å². The van der Waals surface area contributed by atoms with Crippen molar-refractivity contribution in [2.45, 2.75) is 62.8 Å². The maximum atomic E-state index is 13.2. The number of hydrogen-bond donors (Lipinski definition) is 1. The molecule has 0 saturated carbocycles. The zero-order chi connectivity index (χ0) is 22.3. The van der Waals surface area contributed by atoms with Gasteiger partial charge >= 0.3 is 5.97 Å². The lowest BCUT2D eigenvalue weighted by atomic mass is 9.69. The molecule has 7 nitrogen and oxygen atoms in total. The van der Waals surface area contributed by atoms with E-state index in [0.29, 0.717) is 34.1 Å². The van der Waals surface area contributed by atoms with E-state index in [-0.39, 0.29) is 17.8 Å². The van der Waals surface area contributed by atoms with Gasteiger partial charge in [-0.15, -0.1) is 10.2 Å². The molecule has 0 fully saturated rings. The molecule has 9 heteroatoms. The van der Waals surface area contributed by atoms with Gasteiger partial charge in [0.05, 0.1) is 18.1 Å². The first-order valence-electron chi connectivity index (χ1n) is 10.2. The molecule has 1 atom stereocenters. The quantitative estimate of drug-likeness (QED) is 0.640. The van der Waals surface area contributed by atoms with Crippen LogP contribution < -0.4 is 5.32 Å². The van der Waals surface area contributed by atoms with Crippen LogP contribution in [0.5, 0.6) is 0 Å². The molecule has 1 aliphatic carbocycles. The fourth-order valence-electron chi connectivity index (χ4n) is 4.15. The third-order valence-electron chi connectivity index (χ3n) is 5.32. The van der Waals surface area contributed by atoms with Gasteiger partial charge in [0.2, 0.25) is 0 Å². The number of rotatable bonds is 5. The number of nitrogens with one attached hydrogen (secondary N) is 1. The van der Waals surface area contributed by atoms with Crippen molar-refractivity contribution in [2.75, 3.05) is 6.61 Å². The summed E-state index contributed by atoms with van der Waals surface area (Å²) < 4.78 is 12.2. The van der Waals surface area contributed by atoms with Crippen LogP contribution in [0.25, 0.3) is 0 Å². The van der Waals surface area contributed by atoms with E-state index in [4.69, 9.17) is 9.15 Å². The van der Waals surface area contributed by atoms with Gasteiger partial charge in [-0.25, -0.2) is 4.79 Å². The number of carbonyl (C=O) groups excluding carboxylic acids is 2. The highest BCUT2D eigenvalue weighted by Gasteiger charge is 2.44. The number of aromatic nitrogens is 2. The molecule has 1 aliphatic heterocycles. The highest BCUT2D eigenvalue weighted by atomic mass is 32.2. The number of nitrogens with zero attached hydrogens (tertiary/aromatic N) is 2. The monoisotopic (exact) mass is 459 g/mol. The number of hydrogen-bond acceptors (Lipinski definition) is 9. The van der Waals surface area contributed by atoms with Gasteiger partial charge in [-0.3, -0.25) is 4.79 Å². The lowest BCUT2D eigenvalue weighted by Crippen LogP contribution is -2.38. The van der Waals surface area contributed by atoms with Gasteiger partial charge in [-0.05, 0) is 56.5 Å². The van der Waals surface area contributed by atoms with Gasteiger partial charge in [-0.1, -0.05) is 25.2 Å². The number of aryl methyl sites for hydroxylation is 1. The Labute approximate surface area is 189 Å². The van der Waals surface area contributed by atoms with Crippen LogP contribution >= 0.6 is 23.1 Å². The van der Waals surface area contributed by atoms with Crippen molar-refractivity contribution in [3.05, 3.63) is 45.4 Å². The summed E-state index contributed by atoms with van der Waals surface area (Å²) in [6, 6.07) is 3.67. The molecule has 2 aromatic heterocycles. The number of esters is 1. The molecule has 1 N–H and O–H groups in total. The Hall–Kier alpha value is -2.39. The molecule has 2 aliphatic rings. The molecule has 0 spiro atoms. The second-order valence-electron chi connectivity index (χ2n) is 8.50. The molecule has 3 heterocycles. The molecule has 0 aromatic carbocycles. The van der Waals surface area contributed by atoms with Crippen LogP contribution in [0.1, 0.15) is 57.2 Å². The molecular formula is C22H25N3O4S2. The lowest BCUT2D eigenvalue weighted by Gasteiger charge is -2.38. The van der Waals surface area contributed by atoms with Crippen LogP contribution in [-0.4, -0.2) is 28.6 Å². The second kappa shape index (κ2) is 8.27. The van der Waals surface area contributed by atoms with Crippen LogP contribution in [0, 0.1) is 12.3 Å². The van der Waals surface area contributed by atoms with E-state index >= 15 is 0 Å². The average Bonchev–Trinajstić information content (AvgIpc) is 3.28. The van der Waals surface area contributed by atoms with Crippen molar-refractivity contribution in [3.63, 3.8) is 0 Å². The minimum Gasteiger partial charge on any atom is -0.463 e. The molecule has 31 heavy (non-hydrogen) atoms. The summed E-state index contributed by atoms with van der Waals surface area (Å²) in [7, 11) is 0. The van der Waals surface area contributed by atoms with Crippen LogP contribution in [-0.2, 0) is 14.3 Å². The van der Waals surface area contributed by atoms with Gasteiger partial charge in [-0.2, -0.15) is 0 Å². The summed E-state index contributed by atoms with van der Waals surface area (Å²) in [4.78, 5) is 26.1. The molecule has 2 aromatic rings. The zero-order valence-electron chi connectivity index (χ0n) is 18.2. The van der Waals surface area contributed by atoms with Crippen LogP contribution in [0.15, 0.2) is 48.5 Å². The Morgan fingerprint density at radius 2 is 2.10 bits per heavy atom. The predicted octanol–water partition coefficient (Wildman–Crippen LogP) is 4.76. The van der Waals surface area contributed by atoms with Crippen molar-refractivity contribution < 1.29 is 18.7 Å². The number of allylic oxidation sites excluding steroid dienone is 3. The van der Waals surface area contributed by atoms with Crippen molar-refractivity contribution in [1.29, 1.82) is 0 Å². The third-order valence-corrected chi connectivity index (χ3v) is 7.13. The number of Topliss-reactive ketones (excluding diaryl/α,β-unsaturated/α-hetero) is 1. The average molecular weight is 460 g/mol. The Balaban J connectivity index is 1.76. The lowest BCUT2D eigenvalue weighted by molar-refractivity contribution is -0.138. The zero-order valence-corrected chi connectivity index (χ0v) is 19.8.